The molecule has 168 valence electrons. The van der Waals surface area contributed by atoms with Gasteiger partial charge < -0.3 is 10.2 Å². The zero-order valence-electron chi connectivity index (χ0n) is 17.5. The summed E-state index contributed by atoms with van der Waals surface area (Å²) in [6.07, 6.45) is 0.827. The third kappa shape index (κ3) is 4.10. The Labute approximate surface area is 199 Å². The molecule has 1 fully saturated rings. The van der Waals surface area contributed by atoms with Gasteiger partial charge in [0.1, 0.15) is 0 Å². The van der Waals surface area contributed by atoms with E-state index in [1.54, 1.807) is 17.0 Å². The number of hydrogen-bond acceptors (Lipinski definition) is 6. The molecular formula is C22H23BrN4O3S2. The highest BCUT2D eigenvalue weighted by molar-refractivity contribution is 9.10. The quantitative estimate of drug-likeness (QED) is 0.557. The van der Waals surface area contributed by atoms with Crippen molar-refractivity contribution in [1.29, 1.82) is 0 Å². The van der Waals surface area contributed by atoms with Crippen LogP contribution in [-0.4, -0.2) is 60.7 Å². The first-order chi connectivity index (χ1) is 15.3. The van der Waals surface area contributed by atoms with Crippen molar-refractivity contribution in [2.75, 3.05) is 26.2 Å². The number of carbonyl (C=O) groups is 1. The number of amides is 1. The van der Waals surface area contributed by atoms with E-state index < -0.39 is 10.0 Å². The number of nitrogens with one attached hydrogen (secondary N) is 1. The van der Waals surface area contributed by atoms with Crippen molar-refractivity contribution in [2.45, 2.75) is 30.8 Å². The molecule has 1 saturated heterocycles. The Morgan fingerprint density at radius 1 is 1.12 bits per heavy atom. The largest absolute Gasteiger partial charge is 0.334 e. The summed E-state index contributed by atoms with van der Waals surface area (Å²) in [5.74, 6) is -0.106. The van der Waals surface area contributed by atoms with E-state index in [4.69, 9.17) is 0 Å². The van der Waals surface area contributed by atoms with Crippen LogP contribution in [0.1, 0.15) is 27.3 Å². The summed E-state index contributed by atoms with van der Waals surface area (Å²) in [4.78, 5) is 20.7. The number of piperazine rings is 1. The summed E-state index contributed by atoms with van der Waals surface area (Å²) in [5.41, 5.74) is 1.01. The minimum atomic E-state index is -3.62. The smallest absolute Gasteiger partial charge is 0.282 e. The Morgan fingerprint density at radius 2 is 1.84 bits per heavy atom. The van der Waals surface area contributed by atoms with Crippen LogP contribution < -0.4 is 5.32 Å². The predicted octanol–water partition coefficient (Wildman–Crippen LogP) is 3.24. The lowest BCUT2D eigenvalue weighted by molar-refractivity contribution is 0.0697. The molecule has 0 aliphatic carbocycles. The van der Waals surface area contributed by atoms with E-state index in [2.05, 4.69) is 33.2 Å². The maximum Gasteiger partial charge on any atom is 0.282 e. The highest BCUT2D eigenvalue weighted by Gasteiger charge is 2.32. The Kier molecular flexibility index (Phi) is 5.83. The van der Waals surface area contributed by atoms with Crippen molar-refractivity contribution in [3.63, 3.8) is 0 Å². The fourth-order valence-electron chi connectivity index (χ4n) is 4.17. The van der Waals surface area contributed by atoms with Crippen molar-refractivity contribution in [1.82, 2.24) is 19.5 Å². The summed E-state index contributed by atoms with van der Waals surface area (Å²) in [6, 6.07) is 11.3. The molecule has 10 heteroatoms. The van der Waals surface area contributed by atoms with E-state index in [9.17, 15) is 13.2 Å². The van der Waals surface area contributed by atoms with Gasteiger partial charge in [-0.25, -0.2) is 13.4 Å². The van der Waals surface area contributed by atoms with Crippen LogP contribution in [0.5, 0.6) is 0 Å². The van der Waals surface area contributed by atoms with E-state index in [1.807, 2.05) is 24.3 Å². The molecule has 1 unspecified atom stereocenters. The van der Waals surface area contributed by atoms with Gasteiger partial charge in [0, 0.05) is 54.5 Å². The average molecular weight is 535 g/mol. The number of nitrogens with zero attached hydrogens (tertiary/aromatic N) is 3. The van der Waals surface area contributed by atoms with Crippen LogP contribution in [-0.2, 0) is 23.0 Å². The molecule has 1 atom stereocenters. The molecule has 32 heavy (non-hydrogen) atoms. The molecule has 2 aliphatic heterocycles. The zero-order chi connectivity index (χ0) is 22.5. The van der Waals surface area contributed by atoms with Crippen LogP contribution >= 0.6 is 27.3 Å². The topological polar surface area (TPSA) is 82.6 Å². The van der Waals surface area contributed by atoms with Crippen LogP contribution in [0, 0.1) is 0 Å². The number of aromatic nitrogens is 1. The molecule has 2 aromatic carbocycles. The van der Waals surface area contributed by atoms with E-state index in [0.717, 1.165) is 38.8 Å². The molecule has 1 aromatic heterocycles. The number of carbonyl (C=O) groups excluding carboxylic acids is 1. The van der Waals surface area contributed by atoms with Gasteiger partial charge >= 0.3 is 0 Å². The number of fused-ring (bicyclic) bond motifs is 2. The third-order valence-corrected chi connectivity index (χ3v) is 9.48. The third-order valence-electron chi connectivity index (χ3n) is 6.01. The number of rotatable bonds is 3. The number of benzene rings is 2. The van der Waals surface area contributed by atoms with Gasteiger partial charge in [-0.05, 0) is 42.0 Å². The van der Waals surface area contributed by atoms with Gasteiger partial charge in [-0.3, -0.25) is 4.79 Å². The second-order valence-corrected chi connectivity index (χ2v) is 12.2. The molecule has 3 aromatic rings. The lowest BCUT2D eigenvalue weighted by Gasteiger charge is -2.33. The van der Waals surface area contributed by atoms with E-state index in [0.29, 0.717) is 24.1 Å². The van der Waals surface area contributed by atoms with Crippen molar-refractivity contribution in [2.24, 2.45) is 0 Å². The summed E-state index contributed by atoms with van der Waals surface area (Å²) in [5, 5.41) is 5.75. The number of hydrogen-bond donors (Lipinski definition) is 1. The monoisotopic (exact) mass is 534 g/mol. The first kappa shape index (κ1) is 22.0. The Bertz CT molecular complexity index is 1300. The Balaban J connectivity index is 1.29. The van der Waals surface area contributed by atoms with Gasteiger partial charge in [-0.15, -0.1) is 11.3 Å². The van der Waals surface area contributed by atoms with E-state index >= 15 is 0 Å². The number of sulfonamides is 1. The van der Waals surface area contributed by atoms with Crippen molar-refractivity contribution < 1.29 is 13.2 Å². The fraction of sp³-hybridized carbons (Fsp3) is 0.364. The summed E-state index contributed by atoms with van der Waals surface area (Å²) < 4.78 is 28.8. The summed E-state index contributed by atoms with van der Waals surface area (Å²) in [6.45, 7) is 4.12. The highest BCUT2D eigenvalue weighted by atomic mass is 79.9. The molecule has 7 nitrogen and oxygen atoms in total. The molecule has 0 saturated carbocycles. The van der Waals surface area contributed by atoms with Crippen LogP contribution in [0.4, 0.5) is 0 Å². The lowest BCUT2D eigenvalue weighted by atomic mass is 10.1. The molecule has 2 aliphatic rings. The molecule has 1 amide bonds. The number of thiazole rings is 1. The van der Waals surface area contributed by atoms with Gasteiger partial charge in [0.25, 0.3) is 5.91 Å². The van der Waals surface area contributed by atoms with Crippen LogP contribution in [0.15, 0.2) is 45.8 Å². The van der Waals surface area contributed by atoms with Crippen LogP contribution in [0.3, 0.4) is 0 Å². The summed E-state index contributed by atoms with van der Waals surface area (Å²) >= 11 is 4.88. The number of halogens is 1. The Hall–Kier alpha value is -1.85. The first-order valence-corrected chi connectivity index (χ1v) is 13.6. The minimum absolute atomic E-state index is 0.106. The predicted molar refractivity (Wildman–Crippen MR) is 128 cm³/mol. The van der Waals surface area contributed by atoms with E-state index in [-0.39, 0.29) is 23.9 Å². The highest BCUT2D eigenvalue weighted by Crippen LogP contribution is 2.27. The zero-order valence-corrected chi connectivity index (χ0v) is 20.8. The average Bonchev–Trinajstić information content (AvgIpc) is 3.21. The summed E-state index contributed by atoms with van der Waals surface area (Å²) in [7, 11) is -3.62. The van der Waals surface area contributed by atoms with Gasteiger partial charge in [-0.2, -0.15) is 4.31 Å². The first-order valence-electron chi connectivity index (χ1n) is 10.5. The lowest BCUT2D eigenvalue weighted by Crippen LogP contribution is -2.50. The maximum atomic E-state index is 13.2. The molecule has 0 spiro atoms. The second-order valence-electron chi connectivity index (χ2n) is 8.22. The standard InChI is InChI=1S/C22H23BrN4O3S2/c1-14-10-19-20(13-24-14)31-21(25-19)22(28)26-6-8-27(9-7-26)32(29,30)18-5-3-15-11-17(23)4-2-16(15)12-18/h2-5,11-12,14,24H,6-10,13H2,1H3. The molecule has 0 bridgehead atoms. The van der Waals surface area contributed by atoms with Gasteiger partial charge in [-0.1, -0.05) is 28.1 Å². The fourth-order valence-corrected chi connectivity index (χ4v) is 7.02. The van der Waals surface area contributed by atoms with Gasteiger partial charge in [0.15, 0.2) is 5.01 Å². The second kappa shape index (κ2) is 8.49. The van der Waals surface area contributed by atoms with Crippen LogP contribution in [0.25, 0.3) is 10.8 Å². The maximum absolute atomic E-state index is 13.2. The van der Waals surface area contributed by atoms with Crippen LogP contribution in [0.2, 0.25) is 0 Å². The SMILES string of the molecule is CC1Cc2nc(C(=O)N3CCN(S(=O)(=O)c4ccc5cc(Br)ccc5c4)CC3)sc2CN1. The normalized spacial score (nSPS) is 19.8. The van der Waals surface area contributed by atoms with Crippen molar-refractivity contribution in [3.05, 3.63) is 56.4 Å². The van der Waals surface area contributed by atoms with Gasteiger partial charge in [0.05, 0.1) is 10.6 Å². The molecule has 0 radical (unpaired) electrons. The van der Waals surface area contributed by atoms with Crippen molar-refractivity contribution >= 4 is 54.0 Å². The molecule has 3 heterocycles. The minimum Gasteiger partial charge on any atom is -0.334 e. The van der Waals surface area contributed by atoms with Gasteiger partial charge in [0.2, 0.25) is 10.0 Å². The van der Waals surface area contributed by atoms with E-state index in [1.165, 1.54) is 15.6 Å². The molecule has 5 rings (SSSR count). The Morgan fingerprint density at radius 3 is 2.62 bits per heavy atom. The van der Waals surface area contributed by atoms with Crippen molar-refractivity contribution in [3.8, 4) is 0 Å². The molecule has 1 N–H and O–H groups in total. The molecular weight excluding hydrogens is 512 g/mol.